The molecule has 1 N–H and O–H groups in total. The molecule has 2 aromatic rings. The Balaban J connectivity index is 2.02. The number of carbonyl (C=O) groups excluding carboxylic acids is 1. The molecule has 1 amide bonds. The van der Waals surface area contributed by atoms with Gasteiger partial charge >= 0.3 is 0 Å². The molecule has 0 aliphatic heterocycles. The number of hydrogen-bond acceptors (Lipinski definition) is 2. The Morgan fingerprint density at radius 2 is 2.24 bits per heavy atom. The van der Waals surface area contributed by atoms with Gasteiger partial charge in [-0.25, -0.2) is 0 Å². The predicted octanol–water partition coefficient (Wildman–Crippen LogP) is 3.75. The molecule has 1 aromatic heterocycles. The summed E-state index contributed by atoms with van der Waals surface area (Å²) in [6.07, 6.45) is 0. The lowest BCUT2D eigenvalue weighted by atomic mass is 10.1. The highest BCUT2D eigenvalue weighted by molar-refractivity contribution is 9.10. The first-order valence-electron chi connectivity index (χ1n) is 5.23. The maximum absolute atomic E-state index is 11.9. The second-order valence-electron chi connectivity index (χ2n) is 3.73. The molecule has 0 atom stereocenters. The molecule has 0 radical (unpaired) electrons. The molecule has 4 heteroatoms. The number of halogens is 1. The first-order valence-corrected chi connectivity index (χ1v) is 6.91. The predicted molar refractivity (Wildman–Crippen MR) is 74.4 cm³/mol. The molecule has 0 aliphatic carbocycles. The van der Waals surface area contributed by atoms with Crippen LogP contribution < -0.4 is 5.32 Å². The average molecular weight is 310 g/mol. The van der Waals surface area contributed by atoms with Gasteiger partial charge in [0.25, 0.3) is 5.91 Å². The molecule has 0 saturated carbocycles. The van der Waals surface area contributed by atoms with Crippen LogP contribution in [0, 0.1) is 6.92 Å². The largest absolute Gasteiger partial charge is 0.347 e. The first-order chi connectivity index (χ1) is 8.16. The number of benzene rings is 1. The fraction of sp³-hybridized carbons (Fsp3) is 0.154. The third-order valence-corrected chi connectivity index (χ3v) is 4.17. The topological polar surface area (TPSA) is 29.1 Å². The molecule has 0 bridgehead atoms. The van der Waals surface area contributed by atoms with Crippen molar-refractivity contribution in [3.8, 4) is 0 Å². The first kappa shape index (κ1) is 12.3. The van der Waals surface area contributed by atoms with E-state index < -0.39 is 0 Å². The van der Waals surface area contributed by atoms with Crippen LogP contribution >= 0.6 is 27.3 Å². The van der Waals surface area contributed by atoms with E-state index >= 15 is 0 Å². The van der Waals surface area contributed by atoms with Crippen molar-refractivity contribution in [3.05, 3.63) is 56.2 Å². The van der Waals surface area contributed by atoms with Crippen LogP contribution in [0.15, 0.2) is 40.2 Å². The Hall–Kier alpha value is -1.13. The summed E-state index contributed by atoms with van der Waals surface area (Å²) in [5.41, 5.74) is 1.80. The van der Waals surface area contributed by atoms with Crippen LogP contribution in [0.4, 0.5) is 0 Å². The quantitative estimate of drug-likeness (QED) is 0.919. The summed E-state index contributed by atoms with van der Waals surface area (Å²) in [7, 11) is 0. The van der Waals surface area contributed by atoms with E-state index in [0.717, 1.165) is 14.9 Å². The maximum atomic E-state index is 11.9. The zero-order chi connectivity index (χ0) is 12.3. The number of thiophene rings is 1. The van der Waals surface area contributed by atoms with E-state index in [9.17, 15) is 4.79 Å². The zero-order valence-electron chi connectivity index (χ0n) is 9.37. The number of carbonyl (C=O) groups is 1. The molecule has 88 valence electrons. The van der Waals surface area contributed by atoms with Gasteiger partial charge in [0.05, 0.1) is 6.54 Å². The monoisotopic (exact) mass is 309 g/mol. The minimum Gasteiger partial charge on any atom is -0.347 e. The Morgan fingerprint density at radius 1 is 1.41 bits per heavy atom. The lowest BCUT2D eigenvalue weighted by Gasteiger charge is -2.05. The second-order valence-corrected chi connectivity index (χ2v) is 5.61. The zero-order valence-corrected chi connectivity index (χ0v) is 11.8. The summed E-state index contributed by atoms with van der Waals surface area (Å²) in [5, 5.41) is 4.90. The van der Waals surface area contributed by atoms with Gasteiger partial charge in [0, 0.05) is 14.9 Å². The van der Waals surface area contributed by atoms with Gasteiger partial charge in [-0.1, -0.05) is 28.1 Å². The van der Waals surface area contributed by atoms with Crippen molar-refractivity contribution in [3.63, 3.8) is 0 Å². The summed E-state index contributed by atoms with van der Waals surface area (Å²) in [6.45, 7) is 2.58. The summed E-state index contributed by atoms with van der Waals surface area (Å²) in [4.78, 5) is 13.0. The molecule has 1 heterocycles. The summed E-state index contributed by atoms with van der Waals surface area (Å²) in [5.74, 6) is -0.0425. The Bertz CT molecular complexity index is 522. The SMILES string of the molecule is Cc1ccc(C(=O)NCc2cccs2)cc1Br. The Labute approximate surface area is 113 Å². The third-order valence-electron chi connectivity index (χ3n) is 2.44. The van der Waals surface area contributed by atoms with E-state index in [1.54, 1.807) is 11.3 Å². The second kappa shape index (κ2) is 5.47. The van der Waals surface area contributed by atoms with Crippen LogP contribution in [0.2, 0.25) is 0 Å². The van der Waals surface area contributed by atoms with E-state index in [1.165, 1.54) is 0 Å². The molecule has 1 aromatic carbocycles. The molecule has 2 rings (SSSR count). The van der Waals surface area contributed by atoms with Crippen molar-refractivity contribution in [1.29, 1.82) is 0 Å². The number of nitrogens with one attached hydrogen (secondary N) is 1. The van der Waals surface area contributed by atoms with Crippen LogP contribution in [0.5, 0.6) is 0 Å². The summed E-state index contributed by atoms with van der Waals surface area (Å²) >= 11 is 5.07. The number of rotatable bonds is 3. The fourth-order valence-corrected chi connectivity index (χ4v) is 2.44. The maximum Gasteiger partial charge on any atom is 0.251 e. The molecule has 0 saturated heterocycles. The molecule has 2 nitrogen and oxygen atoms in total. The van der Waals surface area contributed by atoms with Gasteiger partial charge in [-0.3, -0.25) is 4.79 Å². The van der Waals surface area contributed by atoms with Crippen molar-refractivity contribution in [2.45, 2.75) is 13.5 Å². The van der Waals surface area contributed by atoms with Crippen LogP contribution in [0.3, 0.4) is 0 Å². The minimum absolute atomic E-state index is 0.0425. The van der Waals surface area contributed by atoms with Gasteiger partial charge in [0.2, 0.25) is 0 Å². The van der Waals surface area contributed by atoms with Gasteiger partial charge in [-0.2, -0.15) is 0 Å². The van der Waals surface area contributed by atoms with Crippen molar-refractivity contribution >= 4 is 33.2 Å². The summed E-state index contributed by atoms with van der Waals surface area (Å²) in [6, 6.07) is 9.61. The van der Waals surface area contributed by atoms with Crippen molar-refractivity contribution in [2.75, 3.05) is 0 Å². The lowest BCUT2D eigenvalue weighted by Crippen LogP contribution is -2.22. The number of hydrogen-bond donors (Lipinski definition) is 1. The fourth-order valence-electron chi connectivity index (χ4n) is 1.42. The van der Waals surface area contributed by atoms with Crippen LogP contribution in [-0.2, 0) is 6.54 Å². The highest BCUT2D eigenvalue weighted by Gasteiger charge is 2.06. The van der Waals surface area contributed by atoms with E-state index in [0.29, 0.717) is 12.1 Å². The molecule has 0 unspecified atom stereocenters. The van der Waals surface area contributed by atoms with E-state index in [4.69, 9.17) is 0 Å². The lowest BCUT2D eigenvalue weighted by molar-refractivity contribution is 0.0951. The third kappa shape index (κ3) is 3.17. The van der Waals surface area contributed by atoms with Gasteiger partial charge in [-0.05, 0) is 36.1 Å². The van der Waals surface area contributed by atoms with Crippen LogP contribution in [0.1, 0.15) is 20.8 Å². The van der Waals surface area contributed by atoms with Crippen LogP contribution in [0.25, 0.3) is 0 Å². The normalized spacial score (nSPS) is 10.2. The highest BCUT2D eigenvalue weighted by Crippen LogP contribution is 2.17. The molecule has 0 aliphatic rings. The van der Waals surface area contributed by atoms with Gasteiger partial charge < -0.3 is 5.32 Å². The van der Waals surface area contributed by atoms with Gasteiger partial charge in [-0.15, -0.1) is 11.3 Å². The van der Waals surface area contributed by atoms with E-state index in [2.05, 4.69) is 21.2 Å². The molecular formula is C13H12BrNOS. The van der Waals surface area contributed by atoms with Crippen molar-refractivity contribution < 1.29 is 4.79 Å². The van der Waals surface area contributed by atoms with Gasteiger partial charge in [0.1, 0.15) is 0 Å². The summed E-state index contributed by atoms with van der Waals surface area (Å²) < 4.78 is 0.960. The van der Waals surface area contributed by atoms with Crippen molar-refractivity contribution in [2.24, 2.45) is 0 Å². The van der Waals surface area contributed by atoms with Gasteiger partial charge in [0.15, 0.2) is 0 Å². The standard InChI is InChI=1S/C13H12BrNOS/c1-9-4-5-10(7-12(9)14)13(16)15-8-11-3-2-6-17-11/h2-7H,8H2,1H3,(H,15,16). The van der Waals surface area contributed by atoms with Crippen LogP contribution in [-0.4, -0.2) is 5.91 Å². The van der Waals surface area contributed by atoms with Crippen molar-refractivity contribution in [1.82, 2.24) is 5.32 Å². The average Bonchev–Trinajstić information content (AvgIpc) is 2.82. The Kier molecular flexibility index (Phi) is 3.97. The molecule has 17 heavy (non-hydrogen) atoms. The minimum atomic E-state index is -0.0425. The molecular weight excluding hydrogens is 298 g/mol. The van der Waals surface area contributed by atoms with E-state index in [1.807, 2.05) is 42.6 Å². The Morgan fingerprint density at radius 3 is 2.88 bits per heavy atom. The highest BCUT2D eigenvalue weighted by atomic mass is 79.9. The molecule has 0 fully saturated rings. The smallest absolute Gasteiger partial charge is 0.251 e. The number of aryl methyl sites for hydroxylation is 1. The molecule has 0 spiro atoms. The number of amides is 1. The van der Waals surface area contributed by atoms with E-state index in [-0.39, 0.29) is 5.91 Å².